The van der Waals surface area contributed by atoms with E-state index in [1.165, 1.54) is 5.56 Å². The minimum atomic E-state index is 0.688. The summed E-state index contributed by atoms with van der Waals surface area (Å²) >= 11 is 1.66. The number of methoxy groups -OCH3 is 1. The van der Waals surface area contributed by atoms with Crippen molar-refractivity contribution in [2.75, 3.05) is 19.5 Å². The second-order valence-corrected chi connectivity index (χ2v) is 6.02. The number of ether oxygens (including phenoxy) is 1. The molecule has 0 spiro atoms. The predicted molar refractivity (Wildman–Crippen MR) is 91.4 cm³/mol. The van der Waals surface area contributed by atoms with E-state index in [1.807, 2.05) is 30.3 Å². The van der Waals surface area contributed by atoms with Gasteiger partial charge in [-0.15, -0.1) is 10.2 Å². The average Bonchev–Trinajstić information content (AvgIpc) is 3.00. The molecule has 0 saturated heterocycles. The zero-order chi connectivity index (χ0) is 15.9. The maximum absolute atomic E-state index is 5.13. The average molecular weight is 326 g/mol. The zero-order valence-corrected chi connectivity index (χ0v) is 13.7. The van der Waals surface area contributed by atoms with Gasteiger partial charge in [0.15, 0.2) is 11.0 Å². The van der Waals surface area contributed by atoms with Gasteiger partial charge in [-0.25, -0.2) is 0 Å². The molecule has 3 aromatic rings. The molecule has 0 N–H and O–H groups in total. The van der Waals surface area contributed by atoms with Crippen LogP contribution >= 0.6 is 11.8 Å². The molecule has 0 bridgehead atoms. The Bertz CT molecular complexity index is 731. The number of rotatable bonds is 7. The number of aromatic nitrogens is 4. The second kappa shape index (κ2) is 7.89. The highest BCUT2D eigenvalue weighted by Gasteiger charge is 2.14. The van der Waals surface area contributed by atoms with Crippen LogP contribution in [-0.2, 0) is 11.3 Å². The van der Waals surface area contributed by atoms with Gasteiger partial charge in [-0.1, -0.05) is 42.1 Å². The van der Waals surface area contributed by atoms with E-state index in [-0.39, 0.29) is 0 Å². The summed E-state index contributed by atoms with van der Waals surface area (Å²) in [5.41, 5.74) is 2.23. The number of hydrogen-bond donors (Lipinski definition) is 0. The van der Waals surface area contributed by atoms with Gasteiger partial charge in [-0.05, 0) is 17.7 Å². The molecule has 5 nitrogen and oxygen atoms in total. The van der Waals surface area contributed by atoms with Gasteiger partial charge < -0.3 is 4.74 Å². The van der Waals surface area contributed by atoms with E-state index >= 15 is 0 Å². The van der Waals surface area contributed by atoms with Crippen molar-refractivity contribution >= 4 is 11.8 Å². The topological polar surface area (TPSA) is 52.8 Å². The Morgan fingerprint density at radius 2 is 1.83 bits per heavy atom. The first-order chi connectivity index (χ1) is 11.4. The van der Waals surface area contributed by atoms with E-state index in [0.29, 0.717) is 6.61 Å². The van der Waals surface area contributed by atoms with E-state index in [9.17, 15) is 0 Å². The molecule has 0 unspecified atom stereocenters. The molecule has 0 fully saturated rings. The van der Waals surface area contributed by atoms with Crippen molar-refractivity contribution in [1.29, 1.82) is 0 Å². The normalized spacial score (nSPS) is 10.8. The summed E-state index contributed by atoms with van der Waals surface area (Å²) in [6, 6.07) is 14.2. The van der Waals surface area contributed by atoms with Crippen LogP contribution < -0.4 is 0 Å². The Morgan fingerprint density at radius 1 is 1.04 bits per heavy atom. The van der Waals surface area contributed by atoms with Gasteiger partial charge in [-0.3, -0.25) is 9.55 Å². The van der Waals surface area contributed by atoms with Gasteiger partial charge >= 0.3 is 0 Å². The Kier molecular flexibility index (Phi) is 5.39. The minimum absolute atomic E-state index is 0.688. The number of nitrogens with zero attached hydrogens (tertiary/aromatic N) is 4. The van der Waals surface area contributed by atoms with E-state index in [4.69, 9.17) is 4.74 Å². The number of benzene rings is 1. The molecular weight excluding hydrogens is 308 g/mol. The smallest absolute Gasteiger partial charge is 0.191 e. The van der Waals surface area contributed by atoms with E-state index in [0.717, 1.165) is 28.8 Å². The molecule has 2 heterocycles. The Hall–Kier alpha value is -2.18. The highest BCUT2D eigenvalue weighted by atomic mass is 32.2. The van der Waals surface area contributed by atoms with E-state index < -0.39 is 0 Å². The summed E-state index contributed by atoms with van der Waals surface area (Å²) in [7, 11) is 1.71. The maximum atomic E-state index is 5.13. The van der Waals surface area contributed by atoms with Crippen molar-refractivity contribution in [3.63, 3.8) is 0 Å². The SMILES string of the molecule is COCCSc1nnc(-c2ccncc2)n1Cc1ccccc1. The van der Waals surface area contributed by atoms with Crippen LogP contribution in [0.5, 0.6) is 0 Å². The second-order valence-electron chi connectivity index (χ2n) is 4.96. The molecule has 0 aliphatic heterocycles. The molecule has 118 valence electrons. The van der Waals surface area contributed by atoms with Crippen LogP contribution in [0.15, 0.2) is 60.0 Å². The van der Waals surface area contributed by atoms with E-state index in [1.54, 1.807) is 31.3 Å². The lowest BCUT2D eigenvalue weighted by Crippen LogP contribution is -2.05. The molecule has 3 rings (SSSR count). The van der Waals surface area contributed by atoms with Crippen LogP contribution in [0.3, 0.4) is 0 Å². The Balaban J connectivity index is 1.93. The molecule has 0 aliphatic rings. The van der Waals surface area contributed by atoms with Crippen LogP contribution in [0.4, 0.5) is 0 Å². The highest BCUT2D eigenvalue weighted by Crippen LogP contribution is 2.24. The van der Waals surface area contributed by atoms with Gasteiger partial charge in [-0.2, -0.15) is 0 Å². The Morgan fingerprint density at radius 3 is 2.57 bits per heavy atom. The first-order valence-corrected chi connectivity index (χ1v) is 8.36. The lowest BCUT2D eigenvalue weighted by Gasteiger charge is -2.10. The molecule has 0 radical (unpaired) electrons. The molecule has 0 atom stereocenters. The third kappa shape index (κ3) is 3.97. The summed E-state index contributed by atoms with van der Waals surface area (Å²) in [6.07, 6.45) is 3.54. The molecular formula is C17H18N4OS. The standard InChI is InChI=1S/C17H18N4OS/c1-22-11-12-23-17-20-19-16(15-7-9-18-10-8-15)21(17)13-14-5-3-2-4-6-14/h2-10H,11-13H2,1H3. The highest BCUT2D eigenvalue weighted by molar-refractivity contribution is 7.99. The van der Waals surface area contributed by atoms with Crippen molar-refractivity contribution < 1.29 is 4.74 Å². The van der Waals surface area contributed by atoms with Gasteiger partial charge in [0.2, 0.25) is 0 Å². The third-order valence-corrected chi connectivity index (χ3v) is 4.29. The molecule has 6 heteroatoms. The third-order valence-electron chi connectivity index (χ3n) is 3.36. The fraction of sp³-hybridized carbons (Fsp3) is 0.235. The monoisotopic (exact) mass is 326 g/mol. The first kappa shape index (κ1) is 15.7. The molecule has 2 aromatic heterocycles. The summed E-state index contributed by atoms with van der Waals surface area (Å²) in [6.45, 7) is 1.42. The summed E-state index contributed by atoms with van der Waals surface area (Å²) in [5.74, 6) is 1.70. The van der Waals surface area contributed by atoms with Crippen LogP contribution in [-0.4, -0.2) is 39.2 Å². The summed E-state index contributed by atoms with van der Waals surface area (Å²) < 4.78 is 7.27. The van der Waals surface area contributed by atoms with Crippen molar-refractivity contribution in [3.05, 3.63) is 60.4 Å². The molecule has 0 amide bonds. The minimum Gasteiger partial charge on any atom is -0.384 e. The van der Waals surface area contributed by atoms with Gasteiger partial charge in [0.05, 0.1) is 13.2 Å². The molecule has 1 aromatic carbocycles. The van der Waals surface area contributed by atoms with E-state index in [2.05, 4.69) is 31.9 Å². The fourth-order valence-corrected chi connectivity index (χ4v) is 3.07. The maximum Gasteiger partial charge on any atom is 0.191 e. The molecule has 0 saturated carbocycles. The van der Waals surface area contributed by atoms with Crippen LogP contribution in [0.2, 0.25) is 0 Å². The largest absolute Gasteiger partial charge is 0.384 e. The summed E-state index contributed by atoms with van der Waals surface area (Å²) in [4.78, 5) is 4.07. The zero-order valence-electron chi connectivity index (χ0n) is 12.9. The first-order valence-electron chi connectivity index (χ1n) is 7.38. The fourth-order valence-electron chi connectivity index (χ4n) is 2.23. The predicted octanol–water partition coefficient (Wildman–Crippen LogP) is 3.13. The van der Waals surface area contributed by atoms with Crippen molar-refractivity contribution in [2.24, 2.45) is 0 Å². The number of hydrogen-bond acceptors (Lipinski definition) is 5. The van der Waals surface area contributed by atoms with Crippen molar-refractivity contribution in [3.8, 4) is 11.4 Å². The van der Waals surface area contributed by atoms with Crippen molar-refractivity contribution in [2.45, 2.75) is 11.7 Å². The quantitative estimate of drug-likeness (QED) is 0.493. The van der Waals surface area contributed by atoms with Gasteiger partial charge in [0.25, 0.3) is 0 Å². The summed E-state index contributed by atoms with van der Waals surface area (Å²) in [5, 5.41) is 9.65. The lowest BCUT2D eigenvalue weighted by atomic mass is 10.2. The van der Waals surface area contributed by atoms with Crippen LogP contribution in [0.1, 0.15) is 5.56 Å². The Labute approximate surface area is 139 Å². The lowest BCUT2D eigenvalue weighted by molar-refractivity contribution is 0.218. The van der Waals surface area contributed by atoms with Crippen LogP contribution in [0.25, 0.3) is 11.4 Å². The number of pyridine rings is 1. The molecule has 0 aliphatic carbocycles. The molecule has 23 heavy (non-hydrogen) atoms. The van der Waals surface area contributed by atoms with Crippen molar-refractivity contribution in [1.82, 2.24) is 19.7 Å². The van der Waals surface area contributed by atoms with Gasteiger partial charge in [0, 0.05) is 30.8 Å². The van der Waals surface area contributed by atoms with Crippen LogP contribution in [0, 0.1) is 0 Å². The van der Waals surface area contributed by atoms with Gasteiger partial charge in [0.1, 0.15) is 0 Å². The number of thioether (sulfide) groups is 1.